The highest BCUT2D eigenvalue weighted by molar-refractivity contribution is 8.13. The lowest BCUT2D eigenvalue weighted by Gasteiger charge is -2.30. The highest BCUT2D eigenvalue weighted by Gasteiger charge is 2.50. The molecule has 0 saturated carbocycles. The van der Waals surface area contributed by atoms with Crippen LogP contribution in [0.2, 0.25) is 0 Å². The molecule has 1 aliphatic rings. The molecule has 0 aliphatic carbocycles. The van der Waals surface area contributed by atoms with Crippen LogP contribution in [0.3, 0.4) is 0 Å². The Morgan fingerprint density at radius 2 is 1.71 bits per heavy atom. The van der Waals surface area contributed by atoms with E-state index in [0.717, 1.165) is 29.0 Å². The summed E-state index contributed by atoms with van der Waals surface area (Å²) in [6.07, 6.45) is -7.57. The van der Waals surface area contributed by atoms with Crippen LogP contribution < -0.4 is 16.4 Å². The van der Waals surface area contributed by atoms with E-state index in [-0.39, 0.29) is 66.2 Å². The van der Waals surface area contributed by atoms with Gasteiger partial charge in [0.2, 0.25) is 17.4 Å². The molecule has 59 heavy (non-hydrogen) atoms. The van der Waals surface area contributed by atoms with E-state index in [2.05, 4.69) is 34.4 Å². The summed E-state index contributed by atoms with van der Waals surface area (Å²) >= 11 is 5.37. The Morgan fingerprint density at radius 1 is 1.05 bits per heavy atom. The predicted octanol–water partition coefficient (Wildman–Crippen LogP) is 0.915. The van der Waals surface area contributed by atoms with E-state index < -0.39 is 101 Å². The first-order valence-corrected chi connectivity index (χ1v) is 23.4. The first kappa shape index (κ1) is 51.3. The van der Waals surface area contributed by atoms with Crippen LogP contribution >= 0.6 is 58.6 Å². The van der Waals surface area contributed by atoms with Crippen molar-refractivity contribution in [2.75, 3.05) is 43.5 Å². The first-order valence-electron chi connectivity index (χ1n) is 16.5. The number of aromatic nitrogens is 4. The minimum atomic E-state index is -5.61. The Kier molecular flexibility index (Phi) is 18.6. The van der Waals surface area contributed by atoms with Crippen molar-refractivity contribution >= 4 is 92.5 Å². The van der Waals surface area contributed by atoms with Crippen molar-refractivity contribution < 1.29 is 93.7 Å². The second-order valence-electron chi connectivity index (χ2n) is 12.8. The number of hydrogen-bond donors (Lipinski definition) is 9. The number of hydrogen-bond acceptors (Lipinski definition) is 19. The normalized spacial score (nSPS) is 22.0. The Balaban J connectivity index is 1.44. The number of fused-ring (bicyclic) bond motifs is 1. The molecule has 3 rings (SSSR count). The lowest BCUT2D eigenvalue weighted by atomic mass is 9.87. The predicted molar refractivity (Wildman–Crippen MR) is 200 cm³/mol. The molecule has 10 N–H and O–H groups in total. The maximum atomic E-state index is 13.1. The first-order chi connectivity index (χ1) is 27.1. The van der Waals surface area contributed by atoms with Gasteiger partial charge in [0.1, 0.15) is 36.3 Å². The summed E-state index contributed by atoms with van der Waals surface area (Å²) in [6, 6.07) is 0. The Bertz CT molecular complexity index is 1940. The van der Waals surface area contributed by atoms with Gasteiger partial charge < -0.3 is 50.9 Å². The fourth-order valence-corrected chi connectivity index (χ4v) is 9.21. The summed E-state index contributed by atoms with van der Waals surface area (Å²) in [5, 5.41) is 21.8. The van der Waals surface area contributed by atoms with E-state index in [0.29, 0.717) is 0 Å². The molecule has 336 valence electrons. The van der Waals surface area contributed by atoms with Gasteiger partial charge in [-0.3, -0.25) is 32.5 Å². The SMILES string of the molecule is CC(C)(COP(=O)(O)OP(=O)(O)OC[C@H]1O[C@@H](n2cnc3c(N)ncnc32)[C@H](O)[C@@H]1OP(=O)(O)O)[C@@H](O)C(=O)NCCC(=O)NCCSC(=O)CCSC(F)(F)C(F)Cl. The lowest BCUT2D eigenvalue weighted by molar-refractivity contribution is -0.137. The molecule has 0 spiro atoms. The van der Waals surface area contributed by atoms with Crippen molar-refractivity contribution in [3.8, 4) is 0 Å². The van der Waals surface area contributed by atoms with Gasteiger partial charge in [0.15, 0.2) is 22.8 Å². The number of thioether (sulfide) groups is 2. The second-order valence-corrected chi connectivity index (χ2v) is 19.8. The summed E-state index contributed by atoms with van der Waals surface area (Å²) in [6.45, 7) is -0.0291. The van der Waals surface area contributed by atoms with Gasteiger partial charge in [0.05, 0.1) is 19.5 Å². The molecule has 0 bridgehead atoms. The summed E-state index contributed by atoms with van der Waals surface area (Å²) < 4.78 is 101. The highest BCUT2D eigenvalue weighted by Crippen LogP contribution is 2.61. The van der Waals surface area contributed by atoms with Gasteiger partial charge in [-0.05, 0) is 0 Å². The zero-order valence-electron chi connectivity index (χ0n) is 30.5. The number of imidazole rings is 1. The molecule has 24 nitrogen and oxygen atoms in total. The van der Waals surface area contributed by atoms with E-state index in [1.165, 1.54) is 13.8 Å². The number of nitrogens with zero attached hydrogens (tertiary/aromatic N) is 4. The molecule has 1 fully saturated rings. The fraction of sp³-hybridized carbons (Fsp3) is 0.692. The van der Waals surface area contributed by atoms with E-state index >= 15 is 0 Å². The van der Waals surface area contributed by atoms with Gasteiger partial charge >= 0.3 is 28.7 Å². The summed E-state index contributed by atoms with van der Waals surface area (Å²) in [5.74, 6) is -2.00. The summed E-state index contributed by atoms with van der Waals surface area (Å²) in [5.41, 5.74) is 1.23. The largest absolute Gasteiger partial charge is 0.481 e. The summed E-state index contributed by atoms with van der Waals surface area (Å²) in [4.78, 5) is 87.2. The van der Waals surface area contributed by atoms with Crippen molar-refractivity contribution in [2.45, 2.75) is 68.2 Å². The number of aliphatic hydroxyl groups excluding tert-OH is 2. The van der Waals surface area contributed by atoms with Crippen molar-refractivity contribution in [3.63, 3.8) is 0 Å². The van der Waals surface area contributed by atoms with E-state index in [1.807, 2.05) is 0 Å². The number of aliphatic hydroxyl groups is 2. The van der Waals surface area contributed by atoms with Gasteiger partial charge in [-0.1, -0.05) is 49.0 Å². The highest BCUT2D eigenvalue weighted by atomic mass is 35.5. The van der Waals surface area contributed by atoms with Crippen LogP contribution in [0, 0.1) is 5.41 Å². The third kappa shape index (κ3) is 16.0. The minimum absolute atomic E-state index is 0.00791. The molecule has 0 aromatic carbocycles. The average molecular weight is 972 g/mol. The van der Waals surface area contributed by atoms with Gasteiger partial charge in [-0.2, -0.15) is 13.1 Å². The van der Waals surface area contributed by atoms with Gasteiger partial charge in [0, 0.05) is 42.9 Å². The number of rotatable bonds is 24. The number of carbonyl (C=O) groups excluding carboxylic acids is 3. The standard InChI is InChI=1S/C26H40ClF3N7O17P3S2/c1-25(2,19(41)22(42)33-5-3-14(38)32-6-8-58-15(39)4-7-59-26(29,30)24(27)28)10-51-57(48,49)54-56(46,47)50-9-13-18(53-55(43,44)45)17(40)23(52-13)37-12-36-16-20(31)34-11-35-21(16)37/h11-13,17-19,23-24,40-41H,3-10H2,1-2H3,(H,32,38)(H,33,42)(H,46,47)(H,48,49)(H2,31,34,35)(H2,43,44,45)/t13-,17-,18-,19+,23-,24?/m1/s1. The number of nitrogens with one attached hydrogen (secondary N) is 2. The maximum Gasteiger partial charge on any atom is 0.481 e. The average Bonchev–Trinajstić information content (AvgIpc) is 3.68. The molecule has 33 heteroatoms. The smallest absolute Gasteiger partial charge is 0.386 e. The lowest BCUT2D eigenvalue weighted by Crippen LogP contribution is -2.46. The Morgan fingerprint density at radius 3 is 2.36 bits per heavy atom. The van der Waals surface area contributed by atoms with Crippen LogP contribution in [0.15, 0.2) is 12.7 Å². The number of nitrogen functional groups attached to an aromatic ring is 1. The third-order valence-electron chi connectivity index (χ3n) is 7.62. The number of phosphoric acid groups is 3. The van der Waals surface area contributed by atoms with Gasteiger partial charge in [-0.15, -0.1) is 0 Å². The van der Waals surface area contributed by atoms with Gasteiger partial charge in [0.25, 0.3) is 0 Å². The molecule has 8 atom stereocenters. The van der Waals surface area contributed by atoms with E-state index in [9.17, 15) is 71.0 Å². The van der Waals surface area contributed by atoms with Crippen molar-refractivity contribution in [1.82, 2.24) is 30.2 Å². The minimum Gasteiger partial charge on any atom is -0.386 e. The number of phosphoric ester groups is 3. The van der Waals surface area contributed by atoms with Crippen LogP contribution in [-0.4, -0.2) is 139 Å². The molecule has 2 aromatic heterocycles. The molecule has 2 aromatic rings. The quantitative estimate of drug-likeness (QED) is 0.0401. The maximum absolute atomic E-state index is 13.1. The second kappa shape index (κ2) is 21.4. The Hall–Kier alpha value is -2.01. The molecule has 1 aliphatic heterocycles. The van der Waals surface area contributed by atoms with Crippen LogP contribution in [-0.2, 0) is 50.7 Å². The van der Waals surface area contributed by atoms with Crippen LogP contribution in [0.1, 0.15) is 32.9 Å². The molecule has 1 saturated heterocycles. The van der Waals surface area contributed by atoms with Crippen LogP contribution in [0.25, 0.3) is 11.2 Å². The number of ether oxygens (including phenoxy) is 1. The fourth-order valence-electron chi connectivity index (χ4n) is 4.70. The van der Waals surface area contributed by atoms with Crippen molar-refractivity contribution in [1.29, 1.82) is 0 Å². The molecular formula is C26H40ClF3N7O17P3S2. The molecule has 2 amide bonds. The number of nitrogens with two attached hydrogens (primary N) is 1. The third-order valence-corrected chi connectivity index (χ3v) is 13.1. The molecule has 3 heterocycles. The number of alkyl halides is 4. The zero-order chi connectivity index (χ0) is 44.6. The monoisotopic (exact) mass is 971 g/mol. The van der Waals surface area contributed by atoms with E-state index in [4.69, 9.17) is 31.1 Å². The van der Waals surface area contributed by atoms with E-state index in [1.54, 1.807) is 0 Å². The molecular weight excluding hydrogens is 932 g/mol. The van der Waals surface area contributed by atoms with Crippen LogP contribution in [0.4, 0.5) is 19.0 Å². The topological polar surface area (TPSA) is 364 Å². The Labute approximate surface area is 345 Å². The molecule has 0 radical (unpaired) electrons. The number of carbonyl (C=O) groups is 3. The van der Waals surface area contributed by atoms with Crippen LogP contribution in [0.5, 0.6) is 0 Å². The van der Waals surface area contributed by atoms with Crippen molar-refractivity contribution in [2.24, 2.45) is 5.41 Å². The summed E-state index contributed by atoms with van der Waals surface area (Å²) in [7, 11) is -16.5. The van der Waals surface area contributed by atoms with Crippen molar-refractivity contribution in [3.05, 3.63) is 12.7 Å². The van der Waals surface area contributed by atoms with Gasteiger partial charge in [-0.25, -0.2) is 33.0 Å². The zero-order valence-corrected chi connectivity index (χ0v) is 35.6. The number of anilines is 1. The number of amides is 2. The molecule has 3 unspecified atom stereocenters. The number of halogens is 4.